The maximum absolute atomic E-state index is 10.5. The average molecular weight is 143 g/mol. The van der Waals surface area contributed by atoms with Crippen LogP contribution < -0.4 is 0 Å². The molecule has 0 saturated heterocycles. The van der Waals surface area contributed by atoms with Gasteiger partial charge in [-0.2, -0.15) is 0 Å². The number of carbonyl (C=O) groups is 1. The minimum Gasteiger partial charge on any atom is -0.351 e. The van der Waals surface area contributed by atoms with Crippen LogP contribution >= 0.6 is 0 Å². The van der Waals surface area contributed by atoms with E-state index in [4.69, 9.17) is 0 Å². The van der Waals surface area contributed by atoms with Crippen LogP contribution in [0.1, 0.15) is 6.92 Å². The molecule has 0 unspecified atom stereocenters. The average Bonchev–Trinajstić information content (AvgIpc) is 1.87. The van der Waals surface area contributed by atoms with Gasteiger partial charge in [-0.25, -0.2) is 0 Å². The standard InChI is InChI=1S/C6H9NO3/c1-4-9-7(6(3)8)10-5-2/h4-5H,1-2H2,3H3. The van der Waals surface area contributed by atoms with Crippen LogP contribution in [-0.4, -0.2) is 11.1 Å². The molecule has 0 N–H and O–H groups in total. The molecule has 0 spiro atoms. The summed E-state index contributed by atoms with van der Waals surface area (Å²) in [6.45, 7) is 7.75. The molecule has 0 fully saturated rings. The molecule has 4 heteroatoms. The van der Waals surface area contributed by atoms with E-state index in [0.29, 0.717) is 5.23 Å². The molecule has 0 aromatic rings. The SMILES string of the molecule is C=CON(OC=C)C(C)=O. The van der Waals surface area contributed by atoms with Gasteiger partial charge in [-0.15, -0.1) is 0 Å². The molecule has 1 amide bonds. The number of hydroxylamine groups is 2. The first-order chi connectivity index (χ1) is 4.72. The molecule has 0 radical (unpaired) electrons. The Morgan fingerprint density at radius 2 is 1.80 bits per heavy atom. The fourth-order valence-corrected chi connectivity index (χ4v) is 0.309. The lowest BCUT2D eigenvalue weighted by atomic mass is 10.8. The van der Waals surface area contributed by atoms with E-state index in [9.17, 15) is 4.79 Å². The van der Waals surface area contributed by atoms with Gasteiger partial charge < -0.3 is 9.68 Å². The largest absolute Gasteiger partial charge is 0.351 e. The fourth-order valence-electron chi connectivity index (χ4n) is 0.309. The smallest absolute Gasteiger partial charge is 0.293 e. The molecule has 0 aliphatic rings. The van der Waals surface area contributed by atoms with Crippen molar-refractivity contribution in [2.75, 3.05) is 0 Å². The van der Waals surface area contributed by atoms with Crippen LogP contribution in [0.5, 0.6) is 0 Å². The van der Waals surface area contributed by atoms with Crippen molar-refractivity contribution in [3.05, 3.63) is 25.7 Å². The highest BCUT2D eigenvalue weighted by atomic mass is 16.9. The van der Waals surface area contributed by atoms with Crippen LogP contribution in [0.3, 0.4) is 0 Å². The molecular formula is C6H9NO3. The summed E-state index contributed by atoms with van der Waals surface area (Å²) < 4.78 is 0. The third-order valence-corrected chi connectivity index (χ3v) is 0.598. The van der Waals surface area contributed by atoms with Crippen molar-refractivity contribution in [3.8, 4) is 0 Å². The highest BCUT2D eigenvalue weighted by Gasteiger charge is 2.06. The Balaban J connectivity index is 3.83. The van der Waals surface area contributed by atoms with Crippen LogP contribution in [0.15, 0.2) is 25.7 Å². The van der Waals surface area contributed by atoms with Crippen LogP contribution in [0, 0.1) is 0 Å². The summed E-state index contributed by atoms with van der Waals surface area (Å²) in [5.41, 5.74) is 0. The van der Waals surface area contributed by atoms with Crippen LogP contribution in [-0.2, 0) is 14.5 Å². The van der Waals surface area contributed by atoms with Gasteiger partial charge in [0.25, 0.3) is 5.91 Å². The second-order valence-corrected chi connectivity index (χ2v) is 1.32. The number of carbonyl (C=O) groups excluding carboxylic acids is 1. The fraction of sp³-hybridized carbons (Fsp3) is 0.167. The van der Waals surface area contributed by atoms with Gasteiger partial charge in [-0.05, 0) is 0 Å². The number of rotatable bonds is 4. The van der Waals surface area contributed by atoms with E-state index in [0.717, 1.165) is 12.5 Å². The van der Waals surface area contributed by atoms with Crippen molar-refractivity contribution >= 4 is 5.91 Å². The second-order valence-electron chi connectivity index (χ2n) is 1.32. The molecule has 0 aromatic carbocycles. The lowest BCUT2D eigenvalue weighted by molar-refractivity contribution is -0.288. The molecule has 56 valence electrons. The predicted octanol–water partition coefficient (Wildman–Crippen LogP) is 0.985. The van der Waals surface area contributed by atoms with Gasteiger partial charge >= 0.3 is 0 Å². The zero-order valence-corrected chi connectivity index (χ0v) is 5.74. The quantitative estimate of drug-likeness (QED) is 0.435. The number of nitrogens with zero attached hydrogens (tertiary/aromatic N) is 1. The topological polar surface area (TPSA) is 38.8 Å². The van der Waals surface area contributed by atoms with Crippen LogP contribution in [0.25, 0.3) is 0 Å². The number of amides is 1. The van der Waals surface area contributed by atoms with Gasteiger partial charge in [0.05, 0.1) is 0 Å². The normalized spacial score (nSPS) is 7.70. The van der Waals surface area contributed by atoms with E-state index in [-0.39, 0.29) is 5.91 Å². The Labute approximate surface area is 59.2 Å². The predicted molar refractivity (Wildman–Crippen MR) is 35.1 cm³/mol. The maximum Gasteiger partial charge on any atom is 0.293 e. The molecule has 0 heterocycles. The lowest BCUT2D eigenvalue weighted by Crippen LogP contribution is -2.24. The van der Waals surface area contributed by atoms with E-state index in [1.165, 1.54) is 6.92 Å². The molecule has 0 rings (SSSR count). The van der Waals surface area contributed by atoms with Gasteiger partial charge in [0, 0.05) is 12.2 Å². The Bertz CT molecular complexity index is 134. The van der Waals surface area contributed by atoms with Crippen molar-refractivity contribution in [1.82, 2.24) is 5.23 Å². The first-order valence-electron chi connectivity index (χ1n) is 2.58. The van der Waals surface area contributed by atoms with Gasteiger partial charge in [0.1, 0.15) is 12.5 Å². The van der Waals surface area contributed by atoms with Crippen molar-refractivity contribution in [2.45, 2.75) is 6.92 Å². The molecule has 10 heavy (non-hydrogen) atoms. The van der Waals surface area contributed by atoms with Crippen molar-refractivity contribution in [2.24, 2.45) is 0 Å². The maximum atomic E-state index is 10.5. The molecule has 0 atom stereocenters. The summed E-state index contributed by atoms with van der Waals surface area (Å²) in [5.74, 6) is -0.389. The zero-order valence-electron chi connectivity index (χ0n) is 5.74. The van der Waals surface area contributed by atoms with Crippen molar-refractivity contribution in [3.63, 3.8) is 0 Å². The van der Waals surface area contributed by atoms with Crippen molar-refractivity contribution < 1.29 is 14.5 Å². The minimum absolute atomic E-state index is 0.389. The van der Waals surface area contributed by atoms with Gasteiger partial charge in [0.2, 0.25) is 0 Å². The van der Waals surface area contributed by atoms with E-state index < -0.39 is 0 Å². The molecule has 0 saturated carbocycles. The highest BCUT2D eigenvalue weighted by molar-refractivity contribution is 5.70. The molecule has 4 nitrogen and oxygen atoms in total. The number of hydrogen-bond acceptors (Lipinski definition) is 3. The van der Waals surface area contributed by atoms with Crippen LogP contribution in [0.2, 0.25) is 0 Å². The summed E-state index contributed by atoms with van der Waals surface area (Å²) in [5, 5.41) is 0.653. The molecule has 0 bridgehead atoms. The first-order valence-corrected chi connectivity index (χ1v) is 2.58. The van der Waals surface area contributed by atoms with Gasteiger partial charge in [-0.1, -0.05) is 13.2 Å². The third-order valence-electron chi connectivity index (χ3n) is 0.598. The summed E-state index contributed by atoms with van der Waals surface area (Å²) in [7, 11) is 0. The first kappa shape index (κ1) is 8.55. The summed E-state index contributed by atoms with van der Waals surface area (Å²) in [4.78, 5) is 19.5. The van der Waals surface area contributed by atoms with E-state index in [1.54, 1.807) is 0 Å². The molecular weight excluding hydrogens is 134 g/mol. The molecule has 0 aliphatic heterocycles. The Hall–Kier alpha value is -1.45. The molecule has 0 aliphatic carbocycles. The number of hydrogen-bond donors (Lipinski definition) is 0. The Morgan fingerprint density at radius 1 is 1.40 bits per heavy atom. The van der Waals surface area contributed by atoms with Gasteiger partial charge in [0.15, 0.2) is 0 Å². The van der Waals surface area contributed by atoms with E-state index >= 15 is 0 Å². The van der Waals surface area contributed by atoms with E-state index in [1.807, 2.05) is 0 Å². The van der Waals surface area contributed by atoms with E-state index in [2.05, 4.69) is 22.8 Å². The molecule has 0 aromatic heterocycles. The Kier molecular flexibility index (Phi) is 3.79. The van der Waals surface area contributed by atoms with Crippen molar-refractivity contribution in [1.29, 1.82) is 0 Å². The lowest BCUT2D eigenvalue weighted by Gasteiger charge is -2.14. The second kappa shape index (κ2) is 4.43. The van der Waals surface area contributed by atoms with Crippen LogP contribution in [0.4, 0.5) is 0 Å². The summed E-state index contributed by atoms with van der Waals surface area (Å²) in [6, 6.07) is 0. The summed E-state index contributed by atoms with van der Waals surface area (Å²) in [6.07, 6.45) is 2.15. The summed E-state index contributed by atoms with van der Waals surface area (Å²) >= 11 is 0. The zero-order chi connectivity index (χ0) is 7.98. The van der Waals surface area contributed by atoms with Gasteiger partial charge in [-0.3, -0.25) is 4.79 Å². The minimum atomic E-state index is -0.389. The monoisotopic (exact) mass is 143 g/mol. The Morgan fingerprint density at radius 3 is 2.00 bits per heavy atom. The highest BCUT2D eigenvalue weighted by Crippen LogP contribution is 1.93. The third kappa shape index (κ3) is 2.76.